The molecule has 0 aliphatic carbocycles. The van der Waals surface area contributed by atoms with Crippen LogP contribution >= 0.6 is 0 Å². The highest BCUT2D eigenvalue weighted by molar-refractivity contribution is 7.90. The molecule has 3 N–H and O–H groups in total. The Labute approximate surface area is 275 Å². The smallest absolute Gasteiger partial charge is 0.412 e. The van der Waals surface area contributed by atoms with Crippen LogP contribution in [0, 0.1) is 0 Å². The van der Waals surface area contributed by atoms with Crippen molar-refractivity contribution in [3.8, 4) is 11.1 Å². The van der Waals surface area contributed by atoms with E-state index in [2.05, 4.69) is 16.0 Å². The van der Waals surface area contributed by atoms with E-state index >= 15 is 0 Å². The van der Waals surface area contributed by atoms with Gasteiger partial charge in [-0.3, -0.25) is 14.9 Å². The third-order valence-electron chi connectivity index (χ3n) is 6.67. The van der Waals surface area contributed by atoms with Crippen LogP contribution in [0.5, 0.6) is 0 Å². The molecular formula is C35H39N5O6S. The van der Waals surface area contributed by atoms with Crippen LogP contribution < -0.4 is 16.0 Å². The molecule has 1 aromatic heterocycles. The second kappa shape index (κ2) is 14.9. The zero-order valence-electron chi connectivity index (χ0n) is 27.0. The van der Waals surface area contributed by atoms with Gasteiger partial charge in [-0.05, 0) is 100 Å². The molecule has 4 aromatic rings. The van der Waals surface area contributed by atoms with Crippen molar-refractivity contribution in [1.29, 1.82) is 0 Å². The lowest BCUT2D eigenvalue weighted by Gasteiger charge is -2.20. The second-order valence-electron chi connectivity index (χ2n) is 11.9. The third kappa shape index (κ3) is 9.89. The van der Waals surface area contributed by atoms with Crippen molar-refractivity contribution < 1.29 is 27.5 Å². The Morgan fingerprint density at radius 3 is 2.21 bits per heavy atom. The maximum absolute atomic E-state index is 13.3. The number of hydrogen-bond acceptors (Lipinski definition) is 7. The van der Waals surface area contributed by atoms with E-state index in [1.165, 1.54) is 36.7 Å². The summed E-state index contributed by atoms with van der Waals surface area (Å²) in [7, 11) is -0.0449. The number of amides is 3. The number of nitrogens with zero attached hydrogens (tertiary/aromatic N) is 2. The largest absolute Gasteiger partial charge is 0.444 e. The average molecular weight is 658 g/mol. The van der Waals surface area contributed by atoms with Crippen LogP contribution in [0.15, 0.2) is 102 Å². The molecule has 12 heteroatoms. The van der Waals surface area contributed by atoms with Crippen molar-refractivity contribution in [3.63, 3.8) is 0 Å². The number of rotatable bonds is 11. The van der Waals surface area contributed by atoms with E-state index in [0.29, 0.717) is 29.0 Å². The van der Waals surface area contributed by atoms with E-state index in [-0.39, 0.29) is 10.8 Å². The van der Waals surface area contributed by atoms with E-state index in [1.54, 1.807) is 81.4 Å². The van der Waals surface area contributed by atoms with E-state index in [9.17, 15) is 22.8 Å². The zero-order chi connectivity index (χ0) is 34.2. The van der Waals surface area contributed by atoms with Crippen molar-refractivity contribution in [2.45, 2.75) is 31.3 Å². The molecule has 47 heavy (non-hydrogen) atoms. The molecule has 0 unspecified atom stereocenters. The fraction of sp³-hybridized carbons (Fsp3) is 0.229. The third-order valence-corrected chi connectivity index (χ3v) is 8.32. The van der Waals surface area contributed by atoms with Gasteiger partial charge in [-0.15, -0.1) is 0 Å². The van der Waals surface area contributed by atoms with Gasteiger partial charge in [0.05, 0.1) is 16.3 Å². The molecule has 0 radical (unpaired) electrons. The minimum atomic E-state index is -3.91. The Kier molecular flexibility index (Phi) is 11.0. The summed E-state index contributed by atoms with van der Waals surface area (Å²) in [4.78, 5) is 39.5. The number of carbonyl (C=O) groups excluding carboxylic acids is 3. The molecule has 0 saturated heterocycles. The van der Waals surface area contributed by atoms with Crippen LogP contribution in [-0.4, -0.2) is 68.0 Å². The first-order chi connectivity index (χ1) is 22.2. The number of hydrogen-bond donors (Lipinski definition) is 3. The number of anilines is 2. The lowest BCUT2D eigenvalue weighted by atomic mass is 10.0. The molecule has 3 amide bonds. The molecule has 0 saturated carbocycles. The Bertz CT molecular complexity index is 1870. The van der Waals surface area contributed by atoms with Gasteiger partial charge in [-0.25, -0.2) is 17.2 Å². The minimum Gasteiger partial charge on any atom is -0.444 e. The molecule has 0 fully saturated rings. The number of carbonyl (C=O) groups is 3. The highest BCUT2D eigenvalue weighted by Crippen LogP contribution is 2.25. The number of para-hydroxylation sites is 2. The van der Waals surface area contributed by atoms with E-state index in [0.717, 1.165) is 21.6 Å². The van der Waals surface area contributed by atoms with Gasteiger partial charge in [0.1, 0.15) is 5.60 Å². The Hall–Kier alpha value is -5.20. The Morgan fingerprint density at radius 1 is 0.872 bits per heavy atom. The number of ether oxygens (including phenoxy) is 1. The van der Waals surface area contributed by atoms with Crippen molar-refractivity contribution in [3.05, 3.63) is 108 Å². The van der Waals surface area contributed by atoms with Crippen LogP contribution in [0.2, 0.25) is 0 Å². The normalized spacial score (nSPS) is 11.8. The summed E-state index contributed by atoms with van der Waals surface area (Å²) in [6.45, 7) is 6.49. The fourth-order valence-electron chi connectivity index (χ4n) is 4.38. The molecule has 0 spiro atoms. The predicted molar refractivity (Wildman–Crippen MR) is 184 cm³/mol. The molecule has 11 nitrogen and oxygen atoms in total. The topological polar surface area (TPSA) is 139 Å². The molecule has 0 atom stereocenters. The van der Waals surface area contributed by atoms with Crippen molar-refractivity contribution in [2.75, 3.05) is 37.8 Å². The van der Waals surface area contributed by atoms with Gasteiger partial charge in [-0.2, -0.15) is 0 Å². The first-order valence-corrected chi connectivity index (χ1v) is 16.3. The summed E-state index contributed by atoms with van der Waals surface area (Å²) in [5, 5.41) is 8.22. The van der Waals surface area contributed by atoms with Gasteiger partial charge in [0.2, 0.25) is 5.91 Å². The number of likely N-dealkylation sites (N-methyl/N-ethyl adjacent to an activating group) is 1. The van der Waals surface area contributed by atoms with Gasteiger partial charge < -0.3 is 20.3 Å². The summed E-state index contributed by atoms with van der Waals surface area (Å²) >= 11 is 0. The summed E-state index contributed by atoms with van der Waals surface area (Å²) in [6.07, 6.45) is 4.90. The zero-order valence-corrected chi connectivity index (χ0v) is 27.8. The van der Waals surface area contributed by atoms with E-state index < -0.39 is 27.6 Å². The lowest BCUT2D eigenvalue weighted by Crippen LogP contribution is -2.31. The average Bonchev–Trinajstić information content (AvgIpc) is 3.50. The van der Waals surface area contributed by atoms with Gasteiger partial charge in [0.15, 0.2) is 0 Å². The quantitative estimate of drug-likeness (QED) is 0.176. The maximum Gasteiger partial charge on any atom is 0.412 e. The first kappa shape index (κ1) is 34.7. The fourth-order valence-corrected chi connectivity index (χ4v) is 5.58. The molecular weight excluding hydrogens is 618 g/mol. The van der Waals surface area contributed by atoms with Crippen LogP contribution in [-0.2, 0) is 19.6 Å². The number of benzene rings is 3. The van der Waals surface area contributed by atoms with Gasteiger partial charge in [0.25, 0.3) is 15.9 Å². The number of nitrogens with one attached hydrogen (secondary N) is 3. The molecule has 0 aliphatic heterocycles. The predicted octanol–water partition coefficient (Wildman–Crippen LogP) is 5.68. The summed E-state index contributed by atoms with van der Waals surface area (Å²) < 4.78 is 33.0. The SMILES string of the molecule is CN(C)CCNC(=O)c1cccc(-c2ccc(S(=O)(=O)n3ccc(/C=C/C(=O)Nc4ccccc4NC(=O)OC(C)(C)C)c3)cc2)c1. The highest BCUT2D eigenvalue weighted by atomic mass is 32.2. The van der Waals surface area contributed by atoms with Crippen LogP contribution in [0.3, 0.4) is 0 Å². The van der Waals surface area contributed by atoms with E-state index in [4.69, 9.17) is 4.74 Å². The molecule has 4 rings (SSSR count). The lowest BCUT2D eigenvalue weighted by molar-refractivity contribution is -0.111. The first-order valence-electron chi connectivity index (χ1n) is 14.9. The molecule has 1 heterocycles. The monoisotopic (exact) mass is 657 g/mol. The maximum atomic E-state index is 13.3. The van der Waals surface area contributed by atoms with Gasteiger partial charge in [-0.1, -0.05) is 36.4 Å². The van der Waals surface area contributed by atoms with Gasteiger partial charge >= 0.3 is 6.09 Å². The Morgan fingerprint density at radius 2 is 1.55 bits per heavy atom. The van der Waals surface area contributed by atoms with Crippen LogP contribution in [0.25, 0.3) is 17.2 Å². The standard InChI is InChI=1S/C35H39N5O6S/c1-35(2,3)46-34(43)38-31-12-7-6-11-30(31)37-32(41)18-13-25-19-21-40(24-25)47(44,45)29-16-14-26(15-17-29)27-9-8-10-28(23-27)33(42)36-20-22-39(4)5/h6-19,21,23-24H,20,22H2,1-5H3,(H,36,42)(H,37,41)(H,38,43)/b18-13+. The van der Waals surface area contributed by atoms with Gasteiger partial charge in [0, 0.05) is 37.1 Å². The summed E-state index contributed by atoms with van der Waals surface area (Å²) in [6, 6.07) is 21.8. The molecule has 3 aromatic carbocycles. The molecule has 246 valence electrons. The van der Waals surface area contributed by atoms with Crippen LogP contribution in [0.4, 0.5) is 16.2 Å². The summed E-state index contributed by atoms with van der Waals surface area (Å²) in [5.74, 6) is -0.660. The molecule has 0 aliphatic rings. The molecule has 0 bridgehead atoms. The van der Waals surface area contributed by atoms with E-state index in [1.807, 2.05) is 25.1 Å². The number of aromatic nitrogens is 1. The Balaban J connectivity index is 1.40. The minimum absolute atomic E-state index is 0.0804. The van der Waals surface area contributed by atoms with Crippen molar-refractivity contribution >= 4 is 45.4 Å². The summed E-state index contributed by atoms with van der Waals surface area (Å²) in [5.41, 5.74) is 2.59. The van der Waals surface area contributed by atoms with Crippen LogP contribution in [0.1, 0.15) is 36.7 Å². The second-order valence-corrected chi connectivity index (χ2v) is 13.8. The van der Waals surface area contributed by atoms with Crippen molar-refractivity contribution in [1.82, 2.24) is 14.2 Å². The van der Waals surface area contributed by atoms with Crippen molar-refractivity contribution in [2.24, 2.45) is 0 Å². The highest BCUT2D eigenvalue weighted by Gasteiger charge is 2.19.